The third-order valence-corrected chi connectivity index (χ3v) is 5.19. The molecule has 2 heterocycles. The zero-order valence-electron chi connectivity index (χ0n) is 15.6. The Labute approximate surface area is 154 Å². The molecular weight excluding hydrogens is 332 g/mol. The van der Waals surface area contributed by atoms with Gasteiger partial charge in [0, 0.05) is 33.2 Å². The maximum atomic E-state index is 12.5. The summed E-state index contributed by atoms with van der Waals surface area (Å²) in [6.07, 6.45) is 2.96. The Bertz CT molecular complexity index is 698. The lowest BCUT2D eigenvalue weighted by Crippen LogP contribution is -2.66. The molecule has 26 heavy (non-hydrogen) atoms. The van der Waals surface area contributed by atoms with E-state index >= 15 is 0 Å². The van der Waals surface area contributed by atoms with E-state index in [1.807, 2.05) is 41.0 Å². The second-order valence-corrected chi connectivity index (χ2v) is 6.64. The van der Waals surface area contributed by atoms with E-state index < -0.39 is 6.10 Å². The summed E-state index contributed by atoms with van der Waals surface area (Å²) in [5.41, 5.74) is 2.24. The first-order valence-corrected chi connectivity index (χ1v) is 9.02. The first kappa shape index (κ1) is 18.5. The number of ether oxygens (including phenoxy) is 2. The summed E-state index contributed by atoms with van der Waals surface area (Å²) in [6, 6.07) is 7.70. The lowest BCUT2D eigenvalue weighted by atomic mass is 9.86. The zero-order chi connectivity index (χ0) is 18.7. The Morgan fingerprint density at radius 2 is 1.96 bits per heavy atom. The second-order valence-electron chi connectivity index (χ2n) is 6.64. The normalized spacial score (nSPS) is 22.7. The number of hydrogen-bond donors (Lipinski definition) is 0. The number of nitrogens with zero attached hydrogens (tertiary/aromatic N) is 2. The van der Waals surface area contributed by atoms with E-state index in [4.69, 9.17) is 9.47 Å². The van der Waals surface area contributed by atoms with Crippen LogP contribution in [0.2, 0.25) is 0 Å². The summed E-state index contributed by atoms with van der Waals surface area (Å²) in [5, 5.41) is 0. The molecule has 1 fully saturated rings. The molecule has 2 atom stereocenters. The van der Waals surface area contributed by atoms with Crippen molar-refractivity contribution in [1.82, 2.24) is 9.80 Å². The van der Waals surface area contributed by atoms with Crippen LogP contribution in [0.1, 0.15) is 25.3 Å². The van der Waals surface area contributed by atoms with Gasteiger partial charge in [0.05, 0.1) is 13.2 Å². The monoisotopic (exact) mass is 358 g/mol. The number of β-lactam (4-membered cyclic amide) rings is 1. The summed E-state index contributed by atoms with van der Waals surface area (Å²) < 4.78 is 10.6. The van der Waals surface area contributed by atoms with Gasteiger partial charge in [-0.3, -0.25) is 9.59 Å². The fourth-order valence-corrected chi connectivity index (χ4v) is 3.65. The number of hydrogen-bond acceptors (Lipinski definition) is 4. The highest BCUT2D eigenvalue weighted by Gasteiger charge is 2.49. The van der Waals surface area contributed by atoms with Crippen molar-refractivity contribution in [2.45, 2.75) is 38.5 Å². The van der Waals surface area contributed by atoms with Crippen molar-refractivity contribution in [2.75, 3.05) is 27.3 Å². The van der Waals surface area contributed by atoms with Crippen molar-refractivity contribution in [3.8, 4) is 5.75 Å². The third kappa shape index (κ3) is 3.46. The van der Waals surface area contributed by atoms with Gasteiger partial charge in [0.25, 0.3) is 5.91 Å². The minimum Gasteiger partial charge on any atom is -0.497 e. The standard InChI is InChI=1S/C20H26N2O4/c1-4-17(23)21-11-9-15(10-12-21)18-19(26-3)20(24)22(18)13-14-5-7-16(25-2)8-6-14/h5-9,18-19H,4,10-13H2,1-3H3/t18-,19+/m0/s1. The van der Waals surface area contributed by atoms with Crippen molar-refractivity contribution < 1.29 is 19.1 Å². The van der Waals surface area contributed by atoms with Crippen molar-refractivity contribution in [3.63, 3.8) is 0 Å². The van der Waals surface area contributed by atoms with Crippen molar-refractivity contribution in [3.05, 3.63) is 41.5 Å². The number of likely N-dealkylation sites (tertiary alicyclic amines) is 1. The summed E-state index contributed by atoms with van der Waals surface area (Å²) >= 11 is 0. The predicted octanol–water partition coefficient (Wildman–Crippen LogP) is 1.99. The molecule has 2 amide bonds. The Morgan fingerprint density at radius 3 is 2.50 bits per heavy atom. The quantitative estimate of drug-likeness (QED) is 0.576. The van der Waals surface area contributed by atoms with Crippen molar-refractivity contribution in [1.29, 1.82) is 0 Å². The molecule has 6 heteroatoms. The molecule has 6 nitrogen and oxygen atoms in total. The smallest absolute Gasteiger partial charge is 0.255 e. The molecule has 2 aliphatic rings. The van der Waals surface area contributed by atoms with Crippen LogP contribution < -0.4 is 4.74 Å². The van der Waals surface area contributed by atoms with Gasteiger partial charge < -0.3 is 19.3 Å². The summed E-state index contributed by atoms with van der Waals surface area (Å²) in [7, 11) is 3.21. The van der Waals surface area contributed by atoms with Gasteiger partial charge in [0.2, 0.25) is 5.91 Å². The van der Waals surface area contributed by atoms with Crippen LogP contribution in [0.4, 0.5) is 0 Å². The molecule has 1 aromatic rings. The van der Waals surface area contributed by atoms with Crippen LogP contribution >= 0.6 is 0 Å². The third-order valence-electron chi connectivity index (χ3n) is 5.19. The molecule has 3 rings (SSSR count). The first-order valence-electron chi connectivity index (χ1n) is 9.02. The Balaban J connectivity index is 1.72. The van der Waals surface area contributed by atoms with E-state index in [9.17, 15) is 9.59 Å². The molecule has 0 aliphatic carbocycles. The second kappa shape index (κ2) is 7.91. The highest BCUT2D eigenvalue weighted by atomic mass is 16.5. The van der Waals surface area contributed by atoms with Crippen molar-refractivity contribution in [2.24, 2.45) is 0 Å². The molecule has 0 N–H and O–H groups in total. The summed E-state index contributed by atoms with van der Waals surface area (Å²) in [4.78, 5) is 28.1. The lowest BCUT2D eigenvalue weighted by molar-refractivity contribution is -0.168. The number of methoxy groups -OCH3 is 2. The van der Waals surface area contributed by atoms with Gasteiger partial charge in [-0.05, 0) is 29.7 Å². The van der Waals surface area contributed by atoms with E-state index in [1.165, 1.54) is 5.57 Å². The van der Waals surface area contributed by atoms with E-state index in [2.05, 4.69) is 6.08 Å². The summed E-state index contributed by atoms with van der Waals surface area (Å²) in [6.45, 7) is 3.74. The summed E-state index contributed by atoms with van der Waals surface area (Å²) in [5.74, 6) is 0.982. The minimum absolute atomic E-state index is 0.0151. The SMILES string of the molecule is CCC(=O)N1CC=C([C@H]2[C@@H](OC)C(=O)N2Cc2ccc(OC)cc2)CC1. The molecule has 140 valence electrons. The van der Waals surface area contributed by atoms with Gasteiger partial charge in [0.1, 0.15) is 5.75 Å². The van der Waals surface area contributed by atoms with Crippen LogP contribution in [0.5, 0.6) is 5.75 Å². The molecular formula is C20H26N2O4. The maximum Gasteiger partial charge on any atom is 0.255 e. The average molecular weight is 358 g/mol. The van der Waals surface area contributed by atoms with Crippen LogP contribution in [0, 0.1) is 0 Å². The van der Waals surface area contributed by atoms with Crippen LogP contribution in [-0.4, -0.2) is 61.1 Å². The molecule has 0 aromatic heterocycles. The first-order chi connectivity index (χ1) is 12.6. The number of benzene rings is 1. The van der Waals surface area contributed by atoms with Crippen molar-refractivity contribution >= 4 is 11.8 Å². The highest BCUT2D eigenvalue weighted by molar-refractivity contribution is 5.89. The molecule has 1 aromatic carbocycles. The van der Waals surface area contributed by atoms with E-state index in [0.29, 0.717) is 26.1 Å². The number of carbonyl (C=O) groups is 2. The fraction of sp³-hybridized carbons (Fsp3) is 0.500. The molecule has 0 saturated carbocycles. The van der Waals surface area contributed by atoms with E-state index in [-0.39, 0.29) is 17.9 Å². The van der Waals surface area contributed by atoms with Gasteiger partial charge in [0.15, 0.2) is 6.10 Å². The van der Waals surface area contributed by atoms with E-state index in [0.717, 1.165) is 17.7 Å². The van der Waals surface area contributed by atoms with Gasteiger partial charge >= 0.3 is 0 Å². The van der Waals surface area contributed by atoms with E-state index in [1.54, 1.807) is 14.2 Å². The molecule has 2 aliphatic heterocycles. The van der Waals surface area contributed by atoms with Gasteiger partial charge in [-0.1, -0.05) is 25.1 Å². The topological polar surface area (TPSA) is 59.1 Å². The van der Waals surface area contributed by atoms with Gasteiger partial charge in [-0.2, -0.15) is 0 Å². The Hall–Kier alpha value is -2.34. The molecule has 0 unspecified atom stereocenters. The molecule has 0 spiro atoms. The number of rotatable bonds is 6. The van der Waals surface area contributed by atoms with Crippen LogP contribution in [0.15, 0.2) is 35.9 Å². The van der Waals surface area contributed by atoms with Gasteiger partial charge in [-0.25, -0.2) is 0 Å². The maximum absolute atomic E-state index is 12.5. The predicted molar refractivity (Wildman–Crippen MR) is 97.7 cm³/mol. The average Bonchev–Trinajstić information content (AvgIpc) is 2.70. The van der Waals surface area contributed by atoms with Crippen LogP contribution in [0.25, 0.3) is 0 Å². The highest BCUT2D eigenvalue weighted by Crippen LogP contribution is 2.33. The number of carbonyl (C=O) groups excluding carboxylic acids is 2. The van der Waals surface area contributed by atoms with Crippen LogP contribution in [0.3, 0.4) is 0 Å². The largest absolute Gasteiger partial charge is 0.497 e. The lowest BCUT2D eigenvalue weighted by Gasteiger charge is -2.48. The Kier molecular flexibility index (Phi) is 5.61. The molecule has 0 radical (unpaired) electrons. The zero-order valence-corrected chi connectivity index (χ0v) is 15.6. The molecule has 0 bridgehead atoms. The number of amides is 2. The minimum atomic E-state index is -0.423. The fourth-order valence-electron chi connectivity index (χ4n) is 3.65. The Morgan fingerprint density at radius 1 is 1.23 bits per heavy atom. The molecule has 1 saturated heterocycles. The van der Waals surface area contributed by atoms with Crippen LogP contribution in [-0.2, 0) is 20.9 Å². The van der Waals surface area contributed by atoms with Gasteiger partial charge in [-0.15, -0.1) is 0 Å².